The molecule has 1 aliphatic rings. The summed E-state index contributed by atoms with van der Waals surface area (Å²) < 4.78 is 0. The molecule has 1 fully saturated rings. The molecule has 58 valence electrons. The van der Waals surface area contributed by atoms with E-state index in [-0.39, 0.29) is 5.41 Å². The second-order valence-electron chi connectivity index (χ2n) is 3.59. The van der Waals surface area contributed by atoms with Crippen LogP contribution >= 0.6 is 0 Å². The van der Waals surface area contributed by atoms with Crippen LogP contribution in [0.25, 0.3) is 0 Å². The van der Waals surface area contributed by atoms with E-state index in [2.05, 4.69) is 31.2 Å². The maximum Gasteiger partial charge on any atom is 0.0143 e. The fraction of sp³-hybridized carbons (Fsp3) is 0.400. The molecule has 0 saturated heterocycles. The van der Waals surface area contributed by atoms with E-state index in [1.54, 1.807) is 0 Å². The highest BCUT2D eigenvalue weighted by atomic mass is 14.8. The topological polar surface area (TPSA) is 26.0 Å². The summed E-state index contributed by atoms with van der Waals surface area (Å²) in [6.07, 6.45) is 1.14. The average Bonchev–Trinajstić information content (AvgIpc) is 2.64. The molecule has 0 spiro atoms. The smallest absolute Gasteiger partial charge is 0.0143 e. The van der Waals surface area contributed by atoms with Crippen LogP contribution in [0.3, 0.4) is 0 Å². The fourth-order valence-corrected chi connectivity index (χ4v) is 1.55. The highest BCUT2D eigenvalue weighted by Crippen LogP contribution is 2.46. The second kappa shape index (κ2) is 2.08. The van der Waals surface area contributed by atoms with Crippen LogP contribution in [0.2, 0.25) is 0 Å². The van der Waals surface area contributed by atoms with Gasteiger partial charge in [0, 0.05) is 11.5 Å². The van der Waals surface area contributed by atoms with Crippen molar-refractivity contribution in [2.45, 2.75) is 24.8 Å². The zero-order chi connectivity index (χ0) is 7.90. The van der Waals surface area contributed by atoms with E-state index in [1.807, 2.05) is 6.07 Å². The molecule has 0 unspecified atom stereocenters. The van der Waals surface area contributed by atoms with Gasteiger partial charge in [0.15, 0.2) is 0 Å². The Morgan fingerprint density at radius 3 is 2.36 bits per heavy atom. The molecule has 2 N–H and O–H groups in total. The summed E-state index contributed by atoms with van der Waals surface area (Å²) in [6, 6.07) is 10.9. The van der Waals surface area contributed by atoms with E-state index in [0.717, 1.165) is 6.42 Å². The predicted molar refractivity (Wildman–Crippen MR) is 46.4 cm³/mol. The third-order valence-electron chi connectivity index (χ3n) is 2.74. The van der Waals surface area contributed by atoms with Crippen LogP contribution < -0.4 is 5.73 Å². The number of hydrogen-bond acceptors (Lipinski definition) is 1. The van der Waals surface area contributed by atoms with Gasteiger partial charge in [0.25, 0.3) is 0 Å². The summed E-state index contributed by atoms with van der Waals surface area (Å²) >= 11 is 0. The molecule has 0 aromatic heterocycles. The van der Waals surface area contributed by atoms with Crippen molar-refractivity contribution in [1.82, 2.24) is 0 Å². The van der Waals surface area contributed by atoms with Gasteiger partial charge in [-0.15, -0.1) is 0 Å². The number of hydrogen-bond donors (Lipinski definition) is 1. The lowest BCUT2D eigenvalue weighted by molar-refractivity contribution is 0.741. The lowest BCUT2D eigenvalue weighted by Crippen LogP contribution is -2.14. The van der Waals surface area contributed by atoms with Crippen molar-refractivity contribution in [3.63, 3.8) is 0 Å². The van der Waals surface area contributed by atoms with Crippen molar-refractivity contribution in [1.29, 1.82) is 0 Å². The van der Waals surface area contributed by atoms with Gasteiger partial charge in [-0.2, -0.15) is 0 Å². The molecule has 1 aromatic rings. The Morgan fingerprint density at radius 1 is 1.36 bits per heavy atom. The van der Waals surface area contributed by atoms with Gasteiger partial charge in [-0.1, -0.05) is 37.3 Å². The molecule has 0 radical (unpaired) electrons. The molecule has 1 heteroatoms. The van der Waals surface area contributed by atoms with Crippen LogP contribution in [0.5, 0.6) is 0 Å². The number of nitrogens with two attached hydrogens (primary N) is 1. The van der Waals surface area contributed by atoms with Gasteiger partial charge < -0.3 is 5.73 Å². The first kappa shape index (κ1) is 6.86. The van der Waals surface area contributed by atoms with Crippen molar-refractivity contribution in [3.05, 3.63) is 35.9 Å². The first-order chi connectivity index (χ1) is 5.23. The van der Waals surface area contributed by atoms with E-state index in [1.165, 1.54) is 5.56 Å². The summed E-state index contributed by atoms with van der Waals surface area (Å²) in [5, 5.41) is 0. The lowest BCUT2D eigenvalue weighted by Gasteiger charge is -2.08. The zero-order valence-corrected chi connectivity index (χ0v) is 6.75. The predicted octanol–water partition coefficient (Wildman–Crippen LogP) is 1.68. The molecule has 1 aliphatic carbocycles. The van der Waals surface area contributed by atoms with Crippen molar-refractivity contribution < 1.29 is 0 Å². The second-order valence-corrected chi connectivity index (χ2v) is 3.59. The van der Waals surface area contributed by atoms with Gasteiger partial charge in [-0.3, -0.25) is 0 Å². The molecule has 1 aromatic carbocycles. The van der Waals surface area contributed by atoms with Crippen LogP contribution in [0.1, 0.15) is 18.9 Å². The van der Waals surface area contributed by atoms with Crippen molar-refractivity contribution in [3.8, 4) is 0 Å². The Balaban J connectivity index is 2.32. The average molecular weight is 147 g/mol. The first-order valence-electron chi connectivity index (χ1n) is 4.04. The molecule has 0 amide bonds. The normalized spacial score (nSPS) is 35.3. The van der Waals surface area contributed by atoms with Gasteiger partial charge >= 0.3 is 0 Å². The van der Waals surface area contributed by atoms with Gasteiger partial charge in [0.2, 0.25) is 0 Å². The van der Waals surface area contributed by atoms with Crippen LogP contribution in [-0.4, -0.2) is 6.04 Å². The molecule has 0 heterocycles. The van der Waals surface area contributed by atoms with E-state index >= 15 is 0 Å². The minimum absolute atomic E-state index is 0.279. The standard InChI is InChI=1S/C10H13N/c1-10(7-9(10)11)8-5-3-2-4-6-8/h2-6,9H,7,11H2,1H3/t9-,10-/m0/s1. The highest BCUT2D eigenvalue weighted by molar-refractivity contribution is 5.34. The maximum atomic E-state index is 5.83. The van der Waals surface area contributed by atoms with Gasteiger partial charge in [0.1, 0.15) is 0 Å². The van der Waals surface area contributed by atoms with E-state index in [0.29, 0.717) is 6.04 Å². The Kier molecular flexibility index (Phi) is 1.30. The molecule has 1 nitrogen and oxygen atoms in total. The van der Waals surface area contributed by atoms with Crippen LogP contribution in [0.15, 0.2) is 30.3 Å². The number of benzene rings is 1. The third-order valence-corrected chi connectivity index (χ3v) is 2.74. The van der Waals surface area contributed by atoms with Crippen molar-refractivity contribution >= 4 is 0 Å². The Morgan fingerprint density at radius 2 is 1.91 bits per heavy atom. The summed E-state index contributed by atoms with van der Waals surface area (Å²) in [7, 11) is 0. The van der Waals surface area contributed by atoms with E-state index < -0.39 is 0 Å². The molecule has 1 saturated carbocycles. The van der Waals surface area contributed by atoms with Gasteiger partial charge in [0.05, 0.1) is 0 Å². The zero-order valence-electron chi connectivity index (χ0n) is 6.75. The van der Waals surface area contributed by atoms with E-state index in [4.69, 9.17) is 5.73 Å². The molecular formula is C10H13N. The molecule has 0 aliphatic heterocycles. The third kappa shape index (κ3) is 0.962. The minimum Gasteiger partial charge on any atom is -0.327 e. The lowest BCUT2D eigenvalue weighted by atomic mass is 9.98. The van der Waals surface area contributed by atoms with Gasteiger partial charge in [-0.05, 0) is 12.0 Å². The van der Waals surface area contributed by atoms with Crippen LogP contribution in [0.4, 0.5) is 0 Å². The summed E-state index contributed by atoms with van der Waals surface area (Å²) in [6.45, 7) is 2.23. The quantitative estimate of drug-likeness (QED) is 0.642. The summed E-state index contributed by atoms with van der Waals surface area (Å²) in [4.78, 5) is 0. The van der Waals surface area contributed by atoms with E-state index in [9.17, 15) is 0 Å². The Bertz CT molecular complexity index is 255. The highest BCUT2D eigenvalue weighted by Gasteiger charge is 2.48. The Hall–Kier alpha value is -0.820. The Labute approximate surface area is 67.2 Å². The minimum atomic E-state index is 0.279. The van der Waals surface area contributed by atoms with Crippen molar-refractivity contribution in [2.75, 3.05) is 0 Å². The number of rotatable bonds is 1. The summed E-state index contributed by atoms with van der Waals surface area (Å²) in [5.41, 5.74) is 7.49. The largest absolute Gasteiger partial charge is 0.327 e. The molecule has 0 bridgehead atoms. The molecule has 11 heavy (non-hydrogen) atoms. The van der Waals surface area contributed by atoms with Crippen LogP contribution in [-0.2, 0) is 5.41 Å². The van der Waals surface area contributed by atoms with Crippen molar-refractivity contribution in [2.24, 2.45) is 5.73 Å². The monoisotopic (exact) mass is 147 g/mol. The first-order valence-corrected chi connectivity index (χ1v) is 4.04. The van der Waals surface area contributed by atoms with Crippen LogP contribution in [0, 0.1) is 0 Å². The fourth-order valence-electron chi connectivity index (χ4n) is 1.55. The van der Waals surface area contributed by atoms with Gasteiger partial charge in [-0.25, -0.2) is 0 Å². The summed E-state index contributed by atoms with van der Waals surface area (Å²) in [5.74, 6) is 0. The molecular weight excluding hydrogens is 134 g/mol. The SMILES string of the molecule is C[C@@]1(c2ccccc2)C[C@@H]1N. The maximum absolute atomic E-state index is 5.83. The molecule has 2 atom stereocenters. The molecule has 2 rings (SSSR count).